The van der Waals surface area contributed by atoms with Crippen LogP contribution in [0, 0.1) is 17.2 Å². The topological polar surface area (TPSA) is 67.0 Å². The first-order valence-electron chi connectivity index (χ1n) is 10.9. The number of ether oxygens (including phenoxy) is 1. The van der Waals surface area contributed by atoms with Crippen molar-refractivity contribution in [2.24, 2.45) is 5.92 Å². The van der Waals surface area contributed by atoms with Crippen molar-refractivity contribution in [3.63, 3.8) is 0 Å². The average Bonchev–Trinajstić information content (AvgIpc) is 3.68. The predicted molar refractivity (Wildman–Crippen MR) is 131 cm³/mol. The van der Waals surface area contributed by atoms with Gasteiger partial charge < -0.3 is 10.1 Å². The first kappa shape index (κ1) is 21.1. The van der Waals surface area contributed by atoms with Gasteiger partial charge in [-0.3, -0.25) is 9.36 Å². The molecule has 1 fully saturated rings. The molecule has 2 heterocycles. The quantitative estimate of drug-likeness (QED) is 0.536. The number of hydrogen-bond acceptors (Lipinski definition) is 4. The fourth-order valence-electron chi connectivity index (χ4n) is 3.87. The van der Waals surface area contributed by atoms with E-state index in [2.05, 4.69) is 11.4 Å². The van der Waals surface area contributed by atoms with Crippen molar-refractivity contribution in [3.8, 4) is 34.1 Å². The molecule has 0 bridgehead atoms. The van der Waals surface area contributed by atoms with Crippen LogP contribution in [0.1, 0.15) is 18.4 Å². The van der Waals surface area contributed by atoms with Gasteiger partial charge in [0.1, 0.15) is 5.75 Å². The number of pyridine rings is 1. The highest BCUT2D eigenvalue weighted by molar-refractivity contribution is 6.31. The minimum absolute atomic E-state index is 0.178. The summed E-state index contributed by atoms with van der Waals surface area (Å²) >= 11 is 6.41. The lowest BCUT2D eigenvalue weighted by Crippen LogP contribution is -2.23. The monoisotopic (exact) mass is 455 g/mol. The Morgan fingerprint density at radius 2 is 1.97 bits per heavy atom. The van der Waals surface area contributed by atoms with Crippen LogP contribution in [0.3, 0.4) is 0 Å². The van der Waals surface area contributed by atoms with Gasteiger partial charge in [0.2, 0.25) is 0 Å². The molecule has 0 saturated heterocycles. The number of benzene rings is 2. The van der Waals surface area contributed by atoms with Gasteiger partial charge in [0.15, 0.2) is 0 Å². The van der Waals surface area contributed by atoms with Gasteiger partial charge >= 0.3 is 0 Å². The van der Waals surface area contributed by atoms with Gasteiger partial charge in [0.25, 0.3) is 5.56 Å². The van der Waals surface area contributed by atoms with Crippen molar-refractivity contribution in [1.82, 2.24) is 9.88 Å². The number of dihydropyridines is 1. The number of halogens is 1. The molecule has 0 radical (unpaired) electrons. The normalized spacial score (nSPS) is 14.8. The molecule has 0 spiro atoms. The molecule has 0 amide bonds. The molecule has 1 aliphatic heterocycles. The van der Waals surface area contributed by atoms with E-state index < -0.39 is 0 Å². The van der Waals surface area contributed by atoms with Gasteiger partial charge in [0.05, 0.1) is 23.9 Å². The largest absolute Gasteiger partial charge is 0.493 e. The Bertz CT molecular complexity index is 1380. The molecule has 0 atom stereocenters. The van der Waals surface area contributed by atoms with Crippen molar-refractivity contribution >= 4 is 17.3 Å². The third-order valence-electron chi connectivity index (χ3n) is 5.79. The molecule has 1 aromatic heterocycles. The summed E-state index contributed by atoms with van der Waals surface area (Å²) in [6.07, 6.45) is 9.84. The smallest absolute Gasteiger partial charge is 0.263 e. The molecule has 164 valence electrons. The number of nitrogens with one attached hydrogen (secondary N) is 1. The summed E-state index contributed by atoms with van der Waals surface area (Å²) in [5.41, 5.74) is 3.77. The molecule has 2 aromatic carbocycles. The number of aromatic nitrogens is 1. The first-order chi connectivity index (χ1) is 16.1. The lowest BCUT2D eigenvalue weighted by Gasteiger charge is -2.16. The molecule has 0 unspecified atom stereocenters. The van der Waals surface area contributed by atoms with E-state index in [9.17, 15) is 10.1 Å². The van der Waals surface area contributed by atoms with E-state index in [0.717, 1.165) is 16.8 Å². The number of allylic oxidation sites excluding steroid dienone is 2. The second-order valence-electron chi connectivity index (χ2n) is 8.28. The highest BCUT2D eigenvalue weighted by atomic mass is 35.5. The summed E-state index contributed by atoms with van der Waals surface area (Å²) in [6, 6.07) is 16.9. The zero-order chi connectivity index (χ0) is 22.8. The maximum atomic E-state index is 13.6. The average molecular weight is 456 g/mol. The summed E-state index contributed by atoms with van der Waals surface area (Å²) in [7, 11) is 0. The predicted octanol–water partition coefficient (Wildman–Crippen LogP) is 5.45. The van der Waals surface area contributed by atoms with Gasteiger partial charge in [-0.1, -0.05) is 35.9 Å². The summed E-state index contributed by atoms with van der Waals surface area (Å²) < 4.78 is 7.55. The van der Waals surface area contributed by atoms with Crippen LogP contribution < -0.4 is 15.6 Å². The third kappa shape index (κ3) is 4.57. The summed E-state index contributed by atoms with van der Waals surface area (Å²) in [5.74, 6) is 1.25. The van der Waals surface area contributed by atoms with Crippen molar-refractivity contribution in [1.29, 1.82) is 5.26 Å². The van der Waals surface area contributed by atoms with Crippen molar-refractivity contribution in [3.05, 3.63) is 94.0 Å². The fourth-order valence-corrected chi connectivity index (χ4v) is 4.09. The standard InChI is InChI=1S/C27H22ClN3O2/c28-22-10-20(11-24(13-22)33-17-18-7-8-18)26-12-21(25-6-2-1-4-19(25)14-29)16-31(27(26)32)23-5-3-9-30-15-23/h1-6,10-13,15-16,18,30H,7-9,17H2. The highest BCUT2D eigenvalue weighted by Crippen LogP contribution is 2.33. The number of nitrogens with zero attached hydrogens (tertiary/aromatic N) is 2. The summed E-state index contributed by atoms with van der Waals surface area (Å²) in [5, 5.41) is 13.3. The molecule has 5 nitrogen and oxygen atoms in total. The van der Waals surface area contributed by atoms with Gasteiger partial charge in [-0.25, -0.2) is 0 Å². The lowest BCUT2D eigenvalue weighted by atomic mass is 9.98. The molecular weight excluding hydrogens is 434 g/mol. The Labute approximate surface area is 197 Å². The van der Waals surface area contributed by atoms with Gasteiger partial charge in [-0.05, 0) is 60.7 Å². The van der Waals surface area contributed by atoms with Crippen molar-refractivity contribution < 1.29 is 4.74 Å². The number of rotatable bonds is 6. The maximum Gasteiger partial charge on any atom is 0.263 e. The van der Waals surface area contributed by atoms with Crippen molar-refractivity contribution in [2.45, 2.75) is 12.8 Å². The van der Waals surface area contributed by atoms with E-state index >= 15 is 0 Å². The Morgan fingerprint density at radius 3 is 2.73 bits per heavy atom. The summed E-state index contributed by atoms with van der Waals surface area (Å²) in [4.78, 5) is 13.6. The van der Waals surface area contributed by atoms with Crippen LogP contribution >= 0.6 is 11.6 Å². The second-order valence-corrected chi connectivity index (χ2v) is 8.72. The Kier molecular flexibility index (Phi) is 5.77. The maximum absolute atomic E-state index is 13.6. The SMILES string of the molecule is N#Cc1ccccc1-c1cc(-c2cc(Cl)cc(OCC3CC3)c2)c(=O)n(C2=CNCC=C2)c1. The zero-order valence-corrected chi connectivity index (χ0v) is 18.7. The molecule has 3 aromatic rings. The van der Waals surface area contributed by atoms with E-state index in [-0.39, 0.29) is 5.56 Å². The minimum Gasteiger partial charge on any atom is -0.493 e. The Balaban J connectivity index is 1.68. The van der Waals surface area contributed by atoms with E-state index in [1.54, 1.807) is 29.0 Å². The van der Waals surface area contributed by atoms with Crippen LogP contribution in [0.15, 0.2) is 77.9 Å². The molecule has 33 heavy (non-hydrogen) atoms. The van der Waals surface area contributed by atoms with E-state index in [1.165, 1.54) is 12.8 Å². The molecular formula is C27H22ClN3O2. The highest BCUT2D eigenvalue weighted by Gasteiger charge is 2.22. The molecule has 6 heteroatoms. The zero-order valence-electron chi connectivity index (χ0n) is 17.9. The molecule has 1 N–H and O–H groups in total. The lowest BCUT2D eigenvalue weighted by molar-refractivity contribution is 0.300. The number of nitriles is 1. The van der Waals surface area contributed by atoms with Crippen LogP contribution in [0.2, 0.25) is 5.02 Å². The van der Waals surface area contributed by atoms with Crippen LogP contribution in [0.5, 0.6) is 5.75 Å². The van der Waals surface area contributed by atoms with E-state index in [1.807, 2.05) is 48.7 Å². The molecule has 5 rings (SSSR count). The van der Waals surface area contributed by atoms with Crippen LogP contribution in [-0.2, 0) is 0 Å². The van der Waals surface area contributed by atoms with Gasteiger partial charge in [-0.2, -0.15) is 5.26 Å². The van der Waals surface area contributed by atoms with Gasteiger partial charge in [-0.15, -0.1) is 0 Å². The number of hydrogen-bond donors (Lipinski definition) is 1. The van der Waals surface area contributed by atoms with E-state index in [4.69, 9.17) is 16.3 Å². The Morgan fingerprint density at radius 1 is 1.12 bits per heavy atom. The molecule has 1 aliphatic carbocycles. The van der Waals surface area contributed by atoms with E-state index in [0.29, 0.717) is 46.5 Å². The minimum atomic E-state index is -0.178. The third-order valence-corrected chi connectivity index (χ3v) is 6.01. The van der Waals surface area contributed by atoms with Gasteiger partial charge in [0, 0.05) is 40.7 Å². The van der Waals surface area contributed by atoms with Crippen LogP contribution in [0.4, 0.5) is 0 Å². The molecule has 2 aliphatic rings. The molecule has 1 saturated carbocycles. The fraction of sp³-hybridized carbons (Fsp3) is 0.185. The Hall–Kier alpha value is -3.75. The van der Waals surface area contributed by atoms with Crippen LogP contribution in [0.25, 0.3) is 28.0 Å². The first-order valence-corrected chi connectivity index (χ1v) is 11.3. The summed E-state index contributed by atoms with van der Waals surface area (Å²) in [6.45, 7) is 1.36. The second kappa shape index (κ2) is 9.01. The van der Waals surface area contributed by atoms with Crippen molar-refractivity contribution in [2.75, 3.05) is 13.2 Å². The van der Waals surface area contributed by atoms with Crippen LogP contribution in [-0.4, -0.2) is 17.7 Å².